The van der Waals surface area contributed by atoms with Crippen molar-refractivity contribution in [3.63, 3.8) is 0 Å². The number of pyridine rings is 1. The lowest BCUT2D eigenvalue weighted by Crippen LogP contribution is -2.12. The van der Waals surface area contributed by atoms with Gasteiger partial charge in [0.15, 0.2) is 0 Å². The maximum absolute atomic E-state index is 12.4. The molecule has 1 heterocycles. The predicted octanol–water partition coefficient (Wildman–Crippen LogP) is 3.22. The maximum atomic E-state index is 12.4. The van der Waals surface area contributed by atoms with Gasteiger partial charge >= 0.3 is 6.18 Å². The fourth-order valence-corrected chi connectivity index (χ4v) is 1.20. The molecule has 0 bridgehead atoms. The molecule has 0 unspecified atom stereocenters. The van der Waals surface area contributed by atoms with E-state index in [-0.39, 0.29) is 6.20 Å². The summed E-state index contributed by atoms with van der Waals surface area (Å²) in [6.07, 6.45) is -7.52. The maximum Gasteiger partial charge on any atom is 0.419 e. The fraction of sp³-hybridized carbons (Fsp3) is 0.333. The molecule has 0 amide bonds. The van der Waals surface area contributed by atoms with Gasteiger partial charge in [0.05, 0.1) is 11.1 Å². The Morgan fingerprint density at radius 2 is 1.94 bits per heavy atom. The summed E-state index contributed by atoms with van der Waals surface area (Å²) in [5, 5.41) is 8.55. The Morgan fingerprint density at radius 1 is 1.38 bits per heavy atom. The number of alkyl halides is 5. The molecule has 0 aliphatic carbocycles. The minimum atomic E-state index is -4.77. The van der Waals surface area contributed by atoms with E-state index in [2.05, 4.69) is 4.98 Å². The minimum Gasteiger partial charge on any atom is -0.254 e. The first-order chi connectivity index (χ1) is 7.29. The van der Waals surface area contributed by atoms with Crippen molar-refractivity contribution in [2.24, 2.45) is 0 Å². The second-order valence-corrected chi connectivity index (χ2v) is 2.97. The molecule has 7 heteroatoms. The number of aromatic nitrogens is 1. The molecule has 0 fully saturated rings. The smallest absolute Gasteiger partial charge is 0.254 e. The SMILES string of the molecule is Cc1c(C(F)F)ncc(C(F)(F)F)c1C#N. The van der Waals surface area contributed by atoms with Gasteiger partial charge in [-0.25, -0.2) is 8.78 Å². The minimum absolute atomic E-state index is 0.257. The molecule has 2 nitrogen and oxygen atoms in total. The van der Waals surface area contributed by atoms with Crippen LogP contribution in [0.15, 0.2) is 6.20 Å². The van der Waals surface area contributed by atoms with Crippen molar-refractivity contribution in [1.29, 1.82) is 5.26 Å². The van der Waals surface area contributed by atoms with Gasteiger partial charge in [0.1, 0.15) is 11.8 Å². The van der Waals surface area contributed by atoms with Gasteiger partial charge in [-0.05, 0) is 12.5 Å². The van der Waals surface area contributed by atoms with E-state index in [4.69, 9.17) is 5.26 Å². The highest BCUT2D eigenvalue weighted by atomic mass is 19.4. The van der Waals surface area contributed by atoms with Crippen molar-refractivity contribution < 1.29 is 22.0 Å². The van der Waals surface area contributed by atoms with Crippen molar-refractivity contribution in [1.82, 2.24) is 4.98 Å². The summed E-state index contributed by atoms with van der Waals surface area (Å²) < 4.78 is 61.7. The molecule has 0 atom stereocenters. The van der Waals surface area contributed by atoms with E-state index in [1.54, 1.807) is 0 Å². The lowest BCUT2D eigenvalue weighted by atomic mass is 10.0. The topological polar surface area (TPSA) is 36.7 Å². The molecule has 16 heavy (non-hydrogen) atoms. The second-order valence-electron chi connectivity index (χ2n) is 2.97. The second kappa shape index (κ2) is 4.04. The molecule has 0 saturated carbocycles. The Bertz CT molecular complexity index is 444. The highest BCUT2D eigenvalue weighted by molar-refractivity contribution is 5.46. The summed E-state index contributed by atoms with van der Waals surface area (Å²) in [7, 11) is 0. The van der Waals surface area contributed by atoms with E-state index in [1.165, 1.54) is 6.07 Å². The zero-order valence-electron chi connectivity index (χ0n) is 7.94. The average molecular weight is 236 g/mol. The Balaban J connectivity index is 3.49. The standard InChI is InChI=1S/C9H5F5N2/c1-4-5(2-15)6(9(12,13)14)3-16-7(4)8(10)11/h3,8H,1H3. The van der Waals surface area contributed by atoms with Crippen molar-refractivity contribution in [3.8, 4) is 6.07 Å². The van der Waals surface area contributed by atoms with Crippen LogP contribution >= 0.6 is 0 Å². The first-order valence-electron chi connectivity index (χ1n) is 4.04. The summed E-state index contributed by atoms with van der Waals surface area (Å²) in [6.45, 7) is 1.02. The summed E-state index contributed by atoms with van der Waals surface area (Å²) in [5.41, 5.74) is -3.34. The van der Waals surface area contributed by atoms with Gasteiger partial charge in [0.25, 0.3) is 6.43 Å². The van der Waals surface area contributed by atoms with Gasteiger partial charge in [-0.3, -0.25) is 4.98 Å². The number of rotatable bonds is 1. The molecule has 1 rings (SSSR count). The number of nitriles is 1. The Morgan fingerprint density at radius 3 is 2.31 bits per heavy atom. The highest BCUT2D eigenvalue weighted by Gasteiger charge is 2.36. The van der Waals surface area contributed by atoms with Gasteiger partial charge in [-0.1, -0.05) is 0 Å². The van der Waals surface area contributed by atoms with Crippen molar-refractivity contribution in [3.05, 3.63) is 28.6 Å². The normalized spacial score (nSPS) is 11.6. The van der Waals surface area contributed by atoms with Crippen LogP contribution in [-0.4, -0.2) is 4.98 Å². The van der Waals surface area contributed by atoms with E-state index in [0.717, 1.165) is 6.92 Å². The molecule has 0 aliphatic heterocycles. The first-order valence-corrected chi connectivity index (χ1v) is 4.04. The van der Waals surface area contributed by atoms with Gasteiger partial charge < -0.3 is 0 Å². The predicted molar refractivity (Wildman–Crippen MR) is 43.6 cm³/mol. The van der Waals surface area contributed by atoms with Crippen LogP contribution < -0.4 is 0 Å². The van der Waals surface area contributed by atoms with E-state index in [1.807, 2.05) is 0 Å². The third-order valence-electron chi connectivity index (χ3n) is 1.99. The quantitative estimate of drug-likeness (QED) is 0.702. The van der Waals surface area contributed by atoms with Crippen LogP contribution in [0, 0.1) is 18.3 Å². The van der Waals surface area contributed by atoms with Crippen molar-refractivity contribution in [2.45, 2.75) is 19.5 Å². The van der Waals surface area contributed by atoms with Gasteiger partial charge in [-0.2, -0.15) is 18.4 Å². The molecule has 0 spiro atoms. The fourth-order valence-electron chi connectivity index (χ4n) is 1.20. The van der Waals surface area contributed by atoms with Crippen LogP contribution in [0.3, 0.4) is 0 Å². The van der Waals surface area contributed by atoms with Crippen LogP contribution in [0.25, 0.3) is 0 Å². The molecule has 0 aromatic carbocycles. The third kappa shape index (κ3) is 2.10. The third-order valence-corrected chi connectivity index (χ3v) is 1.99. The molecule has 1 aromatic rings. The number of hydrogen-bond donors (Lipinski definition) is 0. The van der Waals surface area contributed by atoms with Gasteiger partial charge in [0.2, 0.25) is 0 Å². The lowest BCUT2D eigenvalue weighted by Gasteiger charge is -2.12. The van der Waals surface area contributed by atoms with Crippen molar-refractivity contribution in [2.75, 3.05) is 0 Å². The molecule has 0 saturated heterocycles. The monoisotopic (exact) mass is 236 g/mol. The van der Waals surface area contributed by atoms with E-state index >= 15 is 0 Å². The van der Waals surface area contributed by atoms with Crippen molar-refractivity contribution >= 4 is 0 Å². The van der Waals surface area contributed by atoms with E-state index < -0.39 is 35.0 Å². The van der Waals surface area contributed by atoms with Crippen LogP contribution in [-0.2, 0) is 6.18 Å². The van der Waals surface area contributed by atoms with E-state index in [0.29, 0.717) is 0 Å². The Labute approximate surface area is 87.3 Å². The van der Waals surface area contributed by atoms with E-state index in [9.17, 15) is 22.0 Å². The lowest BCUT2D eigenvalue weighted by molar-refractivity contribution is -0.138. The molecule has 0 radical (unpaired) electrons. The number of nitrogens with zero attached hydrogens (tertiary/aromatic N) is 2. The first kappa shape index (κ1) is 12.4. The zero-order valence-corrected chi connectivity index (χ0v) is 7.94. The molecule has 1 aromatic heterocycles. The highest BCUT2D eigenvalue weighted by Crippen LogP contribution is 2.34. The van der Waals surface area contributed by atoms with Crippen LogP contribution in [0.2, 0.25) is 0 Å². The van der Waals surface area contributed by atoms with Crippen LogP contribution in [0.5, 0.6) is 0 Å². The van der Waals surface area contributed by atoms with Gasteiger partial charge in [0, 0.05) is 6.20 Å². The van der Waals surface area contributed by atoms with Gasteiger partial charge in [-0.15, -0.1) is 0 Å². The summed E-state index contributed by atoms with van der Waals surface area (Å²) in [6, 6.07) is 1.27. The average Bonchev–Trinajstić information content (AvgIpc) is 2.15. The molecular formula is C9H5F5N2. The van der Waals surface area contributed by atoms with Crippen LogP contribution in [0.4, 0.5) is 22.0 Å². The van der Waals surface area contributed by atoms with Crippen LogP contribution in [0.1, 0.15) is 28.8 Å². The number of hydrogen-bond acceptors (Lipinski definition) is 2. The molecule has 0 N–H and O–H groups in total. The largest absolute Gasteiger partial charge is 0.419 e. The Hall–Kier alpha value is -1.71. The Kier molecular flexibility index (Phi) is 3.12. The number of halogens is 5. The molecule has 0 aliphatic rings. The summed E-state index contributed by atoms with van der Waals surface area (Å²) in [5.74, 6) is 0. The summed E-state index contributed by atoms with van der Waals surface area (Å²) >= 11 is 0. The molecule has 86 valence electrons. The molecular weight excluding hydrogens is 231 g/mol. The zero-order chi connectivity index (χ0) is 12.5. The summed E-state index contributed by atoms with van der Waals surface area (Å²) in [4.78, 5) is 3.03.